The number of benzene rings is 9. The van der Waals surface area contributed by atoms with E-state index in [9.17, 15) is 0 Å². The van der Waals surface area contributed by atoms with Gasteiger partial charge in [0.2, 0.25) is 0 Å². The lowest BCUT2D eigenvalue weighted by Gasteiger charge is -2.15. The number of furan rings is 1. The highest BCUT2D eigenvalue weighted by atomic mass is 16.3. The van der Waals surface area contributed by atoms with E-state index in [-0.39, 0.29) is 0 Å². The Labute approximate surface area is 446 Å². The molecule has 0 saturated carbocycles. The molecule has 0 aliphatic carbocycles. The van der Waals surface area contributed by atoms with Gasteiger partial charge >= 0.3 is 0 Å². The van der Waals surface area contributed by atoms with Gasteiger partial charge in [-0.25, -0.2) is 0 Å². The van der Waals surface area contributed by atoms with Gasteiger partial charge in [-0.3, -0.25) is 0 Å². The predicted molar refractivity (Wildman–Crippen MR) is 328 cm³/mol. The monoisotopic (exact) mass is 973 g/mol. The predicted octanol–water partition coefficient (Wildman–Crippen LogP) is 21.4. The van der Waals surface area contributed by atoms with Crippen LogP contribution < -0.4 is 0 Å². The normalized spacial score (nSPS) is 11.6. The van der Waals surface area contributed by atoms with E-state index in [1.807, 2.05) is 49.4 Å². The van der Waals surface area contributed by atoms with Crippen molar-refractivity contribution in [3.8, 4) is 55.6 Å². The first-order chi connectivity index (χ1) is 36.5. The molecule has 0 radical (unpaired) electrons. The summed E-state index contributed by atoms with van der Waals surface area (Å²) in [5.41, 5.74) is 26.6. The summed E-state index contributed by atoms with van der Waals surface area (Å²) >= 11 is 0. The minimum atomic E-state index is 0.924. The van der Waals surface area contributed by atoms with Gasteiger partial charge in [0.15, 0.2) is 0 Å². The molecular formula is C74H68O. The molecule has 0 unspecified atom stereocenters. The summed E-state index contributed by atoms with van der Waals surface area (Å²) in [6.45, 7) is 24.8. The van der Waals surface area contributed by atoms with E-state index < -0.39 is 0 Å². The second kappa shape index (κ2) is 24.8. The Kier molecular flexibility index (Phi) is 17.3. The molecule has 0 N–H and O–H groups in total. The molecule has 0 aliphatic heterocycles. The van der Waals surface area contributed by atoms with Crippen LogP contribution in [0.3, 0.4) is 0 Å². The highest BCUT2D eigenvalue weighted by molar-refractivity contribution is 6.06. The lowest BCUT2D eigenvalue weighted by Crippen LogP contribution is -1.91. The number of rotatable bonds is 11. The SMILES string of the molecule is C=C/C(=C\C=C/C)c1cccc(-c2ccc(C)c(-c3cc(-c4ccc5oc6ccc(C)cc6c5c4)ccc3C)c2)c1.C=C/C=C\C(=C/C)c1cccc(-c2ccc(C)c(-c3ccccc3C)c2)c1.Cc1ccccc1. The Morgan fingerprint density at radius 3 is 1.39 bits per heavy atom. The Morgan fingerprint density at radius 2 is 0.867 bits per heavy atom. The summed E-state index contributed by atoms with van der Waals surface area (Å²) in [7, 11) is 0. The summed E-state index contributed by atoms with van der Waals surface area (Å²) < 4.78 is 6.12. The highest BCUT2D eigenvalue weighted by Gasteiger charge is 2.14. The first-order valence-corrected chi connectivity index (χ1v) is 25.9. The quantitative estimate of drug-likeness (QED) is 0.118. The minimum absolute atomic E-state index is 0.924. The van der Waals surface area contributed by atoms with Crippen LogP contribution in [0.25, 0.3) is 88.7 Å². The molecule has 1 heteroatoms. The first-order valence-electron chi connectivity index (χ1n) is 25.9. The zero-order valence-electron chi connectivity index (χ0n) is 44.9. The maximum Gasteiger partial charge on any atom is 0.135 e. The van der Waals surface area contributed by atoms with Crippen LogP contribution in [0.5, 0.6) is 0 Å². The van der Waals surface area contributed by atoms with Crippen molar-refractivity contribution >= 4 is 33.1 Å². The van der Waals surface area contributed by atoms with Crippen molar-refractivity contribution in [3.63, 3.8) is 0 Å². The van der Waals surface area contributed by atoms with Gasteiger partial charge in [0.25, 0.3) is 0 Å². The minimum Gasteiger partial charge on any atom is -0.456 e. The van der Waals surface area contributed by atoms with E-state index in [4.69, 9.17) is 4.42 Å². The van der Waals surface area contributed by atoms with Crippen molar-refractivity contribution in [2.24, 2.45) is 0 Å². The maximum absolute atomic E-state index is 6.12. The maximum atomic E-state index is 6.12. The summed E-state index contributed by atoms with van der Waals surface area (Å²) in [6, 6.07) is 69.5. The van der Waals surface area contributed by atoms with Crippen LogP contribution in [0.2, 0.25) is 0 Å². The summed E-state index contributed by atoms with van der Waals surface area (Å²) in [5, 5.41) is 2.32. The lowest BCUT2D eigenvalue weighted by atomic mass is 9.90. The van der Waals surface area contributed by atoms with E-state index in [0.29, 0.717) is 0 Å². The molecule has 1 nitrogen and oxygen atoms in total. The lowest BCUT2D eigenvalue weighted by molar-refractivity contribution is 0.669. The van der Waals surface area contributed by atoms with E-state index in [0.717, 1.165) is 27.7 Å². The largest absolute Gasteiger partial charge is 0.456 e. The fraction of sp³-hybridized carbons (Fsp3) is 0.108. The average molecular weight is 973 g/mol. The first kappa shape index (κ1) is 52.5. The molecule has 370 valence electrons. The molecule has 9 aromatic carbocycles. The van der Waals surface area contributed by atoms with E-state index in [2.05, 4.69) is 262 Å². The zero-order chi connectivity index (χ0) is 52.8. The van der Waals surface area contributed by atoms with Crippen LogP contribution in [-0.2, 0) is 0 Å². The molecule has 0 amide bonds. The van der Waals surface area contributed by atoms with Crippen LogP contribution in [0.15, 0.2) is 260 Å². The third kappa shape index (κ3) is 12.7. The summed E-state index contributed by atoms with van der Waals surface area (Å²) in [4.78, 5) is 0. The van der Waals surface area contributed by atoms with Crippen LogP contribution in [0.1, 0.15) is 58.4 Å². The van der Waals surface area contributed by atoms with Crippen LogP contribution in [0, 0.1) is 41.5 Å². The second-order valence-electron chi connectivity index (χ2n) is 19.2. The molecule has 10 aromatic rings. The van der Waals surface area contributed by atoms with E-state index in [1.54, 1.807) is 0 Å². The van der Waals surface area contributed by atoms with Gasteiger partial charge in [0, 0.05) is 10.8 Å². The Morgan fingerprint density at radius 1 is 0.387 bits per heavy atom. The van der Waals surface area contributed by atoms with Crippen molar-refractivity contribution in [1.82, 2.24) is 0 Å². The zero-order valence-corrected chi connectivity index (χ0v) is 44.9. The molecule has 10 rings (SSSR count). The number of fused-ring (bicyclic) bond motifs is 3. The van der Waals surface area contributed by atoms with Gasteiger partial charge in [0.05, 0.1) is 0 Å². The molecule has 0 fully saturated rings. The smallest absolute Gasteiger partial charge is 0.135 e. The molecular weight excluding hydrogens is 905 g/mol. The highest BCUT2D eigenvalue weighted by Crippen LogP contribution is 2.38. The van der Waals surface area contributed by atoms with Gasteiger partial charge in [0.1, 0.15) is 11.2 Å². The molecule has 75 heavy (non-hydrogen) atoms. The van der Waals surface area contributed by atoms with Crippen molar-refractivity contribution in [2.45, 2.75) is 55.4 Å². The third-order valence-corrected chi connectivity index (χ3v) is 13.8. The van der Waals surface area contributed by atoms with Crippen LogP contribution in [0.4, 0.5) is 0 Å². The van der Waals surface area contributed by atoms with Gasteiger partial charge < -0.3 is 4.42 Å². The van der Waals surface area contributed by atoms with E-state index >= 15 is 0 Å². The number of hydrogen-bond donors (Lipinski definition) is 0. The van der Waals surface area contributed by atoms with Crippen LogP contribution in [-0.4, -0.2) is 0 Å². The Hall–Kier alpha value is -8.78. The van der Waals surface area contributed by atoms with Crippen molar-refractivity contribution in [3.05, 3.63) is 300 Å². The average Bonchev–Trinajstić information content (AvgIpc) is 3.80. The molecule has 0 aliphatic rings. The second-order valence-corrected chi connectivity index (χ2v) is 19.2. The van der Waals surface area contributed by atoms with Crippen molar-refractivity contribution in [1.29, 1.82) is 0 Å². The third-order valence-electron chi connectivity index (χ3n) is 13.8. The van der Waals surface area contributed by atoms with E-state index in [1.165, 1.54) is 106 Å². The topological polar surface area (TPSA) is 13.1 Å². The molecule has 1 aromatic heterocycles. The van der Waals surface area contributed by atoms with Gasteiger partial charge in [-0.2, -0.15) is 0 Å². The Balaban J connectivity index is 0.000000188. The summed E-state index contributed by atoms with van der Waals surface area (Å²) in [5.74, 6) is 0. The molecule has 1 heterocycles. The number of hydrogen-bond acceptors (Lipinski definition) is 1. The van der Waals surface area contributed by atoms with Crippen LogP contribution >= 0.6 is 0 Å². The van der Waals surface area contributed by atoms with Gasteiger partial charge in [-0.05, 0) is 210 Å². The summed E-state index contributed by atoms with van der Waals surface area (Å²) in [6.07, 6.45) is 16.1. The fourth-order valence-electron chi connectivity index (χ4n) is 9.52. The molecule has 0 saturated heterocycles. The fourth-order valence-corrected chi connectivity index (χ4v) is 9.52. The molecule has 0 atom stereocenters. The van der Waals surface area contributed by atoms with Crippen molar-refractivity contribution < 1.29 is 4.42 Å². The number of aryl methyl sites for hydroxylation is 6. The standard InChI is InChI=1S/C40H34O.C27H26.C7H8/c1-6-8-10-29(7-2)30-11-9-12-31(22-30)32-16-14-27(4)35(23-32)36-24-33(17-15-28(36)5)34-18-20-40-38(25-34)37-21-26(3)13-19-39(37)41-40;1-5-7-12-22(6-2)23-13-10-14-24(18-23)25-17-16-21(4)27(19-25)26-15-9-8-11-20(26)3;1-7-5-3-2-4-6-7/h6-25H,2H2,1,3-5H3;5-19H,1H2,2-4H3;2-6H,1H3/b8-6-,29-10+;12-7-,22-6+;. The molecule has 0 bridgehead atoms. The Bertz CT molecular complexity index is 3770. The van der Waals surface area contributed by atoms with Crippen molar-refractivity contribution in [2.75, 3.05) is 0 Å². The van der Waals surface area contributed by atoms with Gasteiger partial charge in [-0.1, -0.05) is 212 Å². The van der Waals surface area contributed by atoms with Gasteiger partial charge in [-0.15, -0.1) is 0 Å². The molecule has 0 spiro atoms. The number of allylic oxidation sites excluding steroid dienone is 10.